The molecule has 6 nitrogen and oxygen atoms in total. The predicted octanol–water partition coefficient (Wildman–Crippen LogP) is 5.94. The molecule has 0 saturated carbocycles. The van der Waals surface area contributed by atoms with E-state index in [0.29, 0.717) is 22.9 Å². The van der Waals surface area contributed by atoms with Crippen molar-refractivity contribution in [1.82, 2.24) is 20.4 Å². The largest absolute Gasteiger partial charge is 0.419 e. The Hall–Kier alpha value is -2.93. The second-order valence-electron chi connectivity index (χ2n) is 7.77. The molecule has 2 heterocycles. The summed E-state index contributed by atoms with van der Waals surface area (Å²) in [4.78, 5) is 0. The van der Waals surface area contributed by atoms with Crippen LogP contribution in [0.5, 0.6) is 0 Å². The molecule has 148 valence electrons. The Morgan fingerprint density at radius 1 is 0.759 bits per heavy atom. The quantitative estimate of drug-likeness (QED) is 0.380. The van der Waals surface area contributed by atoms with Crippen molar-refractivity contribution in [3.8, 4) is 22.9 Å². The summed E-state index contributed by atoms with van der Waals surface area (Å²) in [5, 5.41) is 17.0. The zero-order chi connectivity index (χ0) is 20.4. The molecule has 0 N–H and O–H groups in total. The highest BCUT2D eigenvalue weighted by atomic mass is 32.2. The number of thioether (sulfide) groups is 1. The maximum Gasteiger partial charge on any atom is 0.277 e. The standard InChI is InChI=1S/C22H22N4O2S/c1-14(18-23-24-19(27-18)15-8-6-5-7-9-15)29-21-26-25-20(28-21)16-10-12-17(13-11-16)22(2,3)4/h5-14H,1-4H3. The molecule has 0 saturated heterocycles. The minimum Gasteiger partial charge on any atom is -0.419 e. The summed E-state index contributed by atoms with van der Waals surface area (Å²) in [7, 11) is 0. The van der Waals surface area contributed by atoms with Gasteiger partial charge in [-0.25, -0.2) is 0 Å². The lowest BCUT2D eigenvalue weighted by atomic mass is 9.87. The molecule has 0 amide bonds. The molecule has 0 radical (unpaired) electrons. The molecule has 4 aromatic rings. The van der Waals surface area contributed by atoms with Gasteiger partial charge in [0.15, 0.2) is 0 Å². The van der Waals surface area contributed by atoms with Crippen molar-refractivity contribution in [1.29, 1.82) is 0 Å². The van der Waals surface area contributed by atoms with Crippen LogP contribution in [0.25, 0.3) is 22.9 Å². The third-order valence-electron chi connectivity index (χ3n) is 4.49. The van der Waals surface area contributed by atoms with Gasteiger partial charge >= 0.3 is 0 Å². The first-order chi connectivity index (χ1) is 13.9. The first-order valence-corrected chi connectivity index (χ1v) is 10.3. The summed E-state index contributed by atoms with van der Waals surface area (Å²) in [6.45, 7) is 8.53. The zero-order valence-corrected chi connectivity index (χ0v) is 17.6. The van der Waals surface area contributed by atoms with Gasteiger partial charge in [0.1, 0.15) is 0 Å². The molecule has 29 heavy (non-hydrogen) atoms. The van der Waals surface area contributed by atoms with E-state index in [-0.39, 0.29) is 10.7 Å². The summed E-state index contributed by atoms with van der Waals surface area (Å²) in [5.74, 6) is 1.51. The monoisotopic (exact) mass is 406 g/mol. The van der Waals surface area contributed by atoms with Gasteiger partial charge in [0, 0.05) is 11.1 Å². The van der Waals surface area contributed by atoms with E-state index in [9.17, 15) is 0 Å². The Balaban J connectivity index is 1.46. The average Bonchev–Trinajstić information content (AvgIpc) is 3.38. The minimum atomic E-state index is -0.114. The van der Waals surface area contributed by atoms with Gasteiger partial charge in [0.05, 0.1) is 5.25 Å². The summed E-state index contributed by atoms with van der Waals surface area (Å²) < 4.78 is 11.6. The van der Waals surface area contributed by atoms with Gasteiger partial charge in [-0.05, 0) is 42.2 Å². The molecule has 1 atom stereocenters. The number of hydrogen-bond donors (Lipinski definition) is 0. The Bertz CT molecular complexity index is 1080. The van der Waals surface area contributed by atoms with Crippen molar-refractivity contribution in [3.05, 3.63) is 66.1 Å². The summed E-state index contributed by atoms with van der Waals surface area (Å²) in [6.07, 6.45) is 0. The van der Waals surface area contributed by atoms with Crippen LogP contribution in [0, 0.1) is 0 Å². The van der Waals surface area contributed by atoms with Crippen molar-refractivity contribution in [2.75, 3.05) is 0 Å². The number of hydrogen-bond acceptors (Lipinski definition) is 7. The Kier molecular flexibility index (Phi) is 5.24. The number of nitrogens with zero attached hydrogens (tertiary/aromatic N) is 4. The Labute approximate surface area is 173 Å². The van der Waals surface area contributed by atoms with E-state index in [1.165, 1.54) is 17.3 Å². The van der Waals surface area contributed by atoms with E-state index < -0.39 is 0 Å². The molecule has 2 aromatic carbocycles. The maximum absolute atomic E-state index is 5.83. The van der Waals surface area contributed by atoms with Crippen molar-refractivity contribution in [2.24, 2.45) is 0 Å². The third-order valence-corrected chi connectivity index (χ3v) is 5.41. The molecule has 2 aromatic heterocycles. The SMILES string of the molecule is CC(Sc1nnc(-c2ccc(C(C)(C)C)cc2)o1)c1nnc(-c2ccccc2)o1. The van der Waals surface area contributed by atoms with Crippen LogP contribution in [0.4, 0.5) is 0 Å². The van der Waals surface area contributed by atoms with E-state index in [1.807, 2.05) is 49.4 Å². The molecule has 0 bridgehead atoms. The van der Waals surface area contributed by atoms with Crippen LogP contribution >= 0.6 is 11.8 Å². The van der Waals surface area contributed by atoms with Gasteiger partial charge in [-0.3, -0.25) is 0 Å². The van der Waals surface area contributed by atoms with Gasteiger partial charge in [-0.2, -0.15) is 0 Å². The van der Waals surface area contributed by atoms with Crippen LogP contribution in [-0.4, -0.2) is 20.4 Å². The fourth-order valence-electron chi connectivity index (χ4n) is 2.78. The number of aromatic nitrogens is 4. The van der Waals surface area contributed by atoms with E-state index in [4.69, 9.17) is 8.83 Å². The van der Waals surface area contributed by atoms with Crippen LogP contribution in [0.3, 0.4) is 0 Å². The van der Waals surface area contributed by atoms with E-state index >= 15 is 0 Å². The molecular weight excluding hydrogens is 384 g/mol. The zero-order valence-electron chi connectivity index (χ0n) is 16.8. The molecular formula is C22H22N4O2S. The Morgan fingerprint density at radius 3 is 2.07 bits per heavy atom. The molecule has 0 aliphatic carbocycles. The summed E-state index contributed by atoms with van der Waals surface area (Å²) >= 11 is 1.39. The van der Waals surface area contributed by atoms with Crippen molar-refractivity contribution < 1.29 is 8.83 Å². The summed E-state index contributed by atoms with van der Waals surface area (Å²) in [5.41, 5.74) is 3.15. The fourth-order valence-corrected chi connectivity index (χ4v) is 3.50. The Morgan fingerprint density at radius 2 is 1.38 bits per heavy atom. The average molecular weight is 407 g/mol. The van der Waals surface area contributed by atoms with Gasteiger partial charge in [-0.15, -0.1) is 20.4 Å². The highest BCUT2D eigenvalue weighted by Gasteiger charge is 2.20. The molecule has 0 aliphatic rings. The van der Waals surface area contributed by atoms with Crippen molar-refractivity contribution in [2.45, 2.75) is 43.6 Å². The predicted molar refractivity (Wildman–Crippen MR) is 112 cm³/mol. The second kappa shape index (κ2) is 7.83. The van der Waals surface area contributed by atoms with Crippen LogP contribution in [-0.2, 0) is 5.41 Å². The fraction of sp³-hybridized carbons (Fsp3) is 0.273. The van der Waals surface area contributed by atoms with E-state index in [2.05, 4.69) is 53.3 Å². The van der Waals surface area contributed by atoms with Crippen molar-refractivity contribution in [3.63, 3.8) is 0 Å². The van der Waals surface area contributed by atoms with Gasteiger partial charge in [-0.1, -0.05) is 62.9 Å². The molecule has 7 heteroatoms. The third kappa shape index (κ3) is 4.40. The van der Waals surface area contributed by atoms with Gasteiger partial charge in [0.2, 0.25) is 17.7 Å². The van der Waals surface area contributed by atoms with Gasteiger partial charge < -0.3 is 8.83 Å². The second-order valence-corrected chi connectivity index (χ2v) is 9.06. The first-order valence-electron chi connectivity index (χ1n) is 9.40. The van der Waals surface area contributed by atoms with Crippen molar-refractivity contribution >= 4 is 11.8 Å². The molecule has 0 aliphatic heterocycles. The molecule has 0 fully saturated rings. The van der Waals surface area contributed by atoms with Crippen LogP contribution in [0.15, 0.2) is 68.7 Å². The minimum absolute atomic E-state index is 0.104. The normalized spacial score (nSPS) is 12.8. The number of rotatable bonds is 5. The van der Waals surface area contributed by atoms with E-state index in [1.54, 1.807) is 0 Å². The van der Waals surface area contributed by atoms with Crippen LogP contribution in [0.1, 0.15) is 44.4 Å². The summed E-state index contributed by atoms with van der Waals surface area (Å²) in [6, 6.07) is 17.9. The lowest BCUT2D eigenvalue weighted by Crippen LogP contribution is -2.10. The smallest absolute Gasteiger partial charge is 0.277 e. The number of benzene rings is 2. The topological polar surface area (TPSA) is 77.8 Å². The van der Waals surface area contributed by atoms with Gasteiger partial charge in [0.25, 0.3) is 5.22 Å². The highest BCUT2D eigenvalue weighted by molar-refractivity contribution is 7.99. The lowest BCUT2D eigenvalue weighted by Gasteiger charge is -2.18. The molecule has 1 unspecified atom stereocenters. The molecule has 0 spiro atoms. The first kappa shape index (κ1) is 19.4. The van der Waals surface area contributed by atoms with E-state index in [0.717, 1.165) is 11.1 Å². The lowest BCUT2D eigenvalue weighted by molar-refractivity contribution is 0.461. The maximum atomic E-state index is 5.83. The molecule has 4 rings (SSSR count). The van der Waals surface area contributed by atoms with Crippen LogP contribution < -0.4 is 0 Å². The highest BCUT2D eigenvalue weighted by Crippen LogP contribution is 2.35. The van der Waals surface area contributed by atoms with Crippen LogP contribution in [0.2, 0.25) is 0 Å².